The highest BCUT2D eigenvalue weighted by Crippen LogP contribution is 2.43. The van der Waals surface area contributed by atoms with Gasteiger partial charge in [0.2, 0.25) is 0 Å². The maximum Gasteiger partial charge on any atom is 0.262 e. The first-order chi connectivity index (χ1) is 25.0. The van der Waals surface area contributed by atoms with Crippen molar-refractivity contribution in [2.24, 2.45) is 11.8 Å². The second-order valence-electron chi connectivity index (χ2n) is 16.4. The molecule has 0 aromatic heterocycles. The van der Waals surface area contributed by atoms with E-state index in [-0.39, 0.29) is 59.4 Å². The third kappa shape index (κ3) is 9.20. The van der Waals surface area contributed by atoms with Crippen LogP contribution >= 0.6 is 17.0 Å². The van der Waals surface area contributed by atoms with Crippen molar-refractivity contribution in [1.82, 2.24) is 5.32 Å². The average molecular weight is 796 g/mol. The van der Waals surface area contributed by atoms with E-state index in [9.17, 15) is 20.1 Å². The van der Waals surface area contributed by atoms with Crippen LogP contribution in [0.1, 0.15) is 75.2 Å². The zero-order chi connectivity index (χ0) is 36.3. The summed E-state index contributed by atoms with van der Waals surface area (Å²) < 4.78 is 19.6. The normalized spacial score (nSPS) is 24.3. The summed E-state index contributed by atoms with van der Waals surface area (Å²) in [7, 11) is 0. The minimum atomic E-state index is -0.945. The summed E-state index contributed by atoms with van der Waals surface area (Å²) in [6, 6.07) is 21.3. The Kier molecular flexibility index (Phi) is 12.4. The summed E-state index contributed by atoms with van der Waals surface area (Å²) in [5, 5.41) is 39.3. The fourth-order valence-electron chi connectivity index (χ4n) is 9.10. The fourth-order valence-corrected chi connectivity index (χ4v) is 9.10. The van der Waals surface area contributed by atoms with Gasteiger partial charge in [-0.15, -0.1) is 17.0 Å². The number of nitrogens with one attached hydrogen (secondary N) is 2. The van der Waals surface area contributed by atoms with Gasteiger partial charge in [0.05, 0.1) is 31.5 Å². The third-order valence-electron chi connectivity index (χ3n) is 12.1. The Hall–Kier alpha value is -3.19. The van der Waals surface area contributed by atoms with Crippen LogP contribution in [0.3, 0.4) is 0 Å². The highest BCUT2D eigenvalue weighted by atomic mass is 79.9. The van der Waals surface area contributed by atoms with Gasteiger partial charge in [0.1, 0.15) is 48.6 Å². The Bertz CT molecular complexity index is 1680. The average Bonchev–Trinajstić information content (AvgIpc) is 3.70. The molecule has 2 bridgehead atoms. The molecule has 3 saturated heterocycles. The first kappa shape index (κ1) is 39.5. The molecule has 3 atom stereocenters. The zero-order valence-corrected chi connectivity index (χ0v) is 32.8. The van der Waals surface area contributed by atoms with Gasteiger partial charge < -0.3 is 44.6 Å². The van der Waals surface area contributed by atoms with Crippen LogP contribution in [0.25, 0.3) is 0 Å². The molecule has 1 aliphatic carbocycles. The van der Waals surface area contributed by atoms with Crippen molar-refractivity contribution in [3.05, 3.63) is 83.4 Å². The molecule has 0 spiro atoms. The van der Waals surface area contributed by atoms with Crippen LogP contribution in [0.15, 0.2) is 66.7 Å². The van der Waals surface area contributed by atoms with E-state index >= 15 is 0 Å². The summed E-state index contributed by atoms with van der Waals surface area (Å²) in [6.07, 6.45) is 6.75. The number of hydrogen-bond donors (Lipinski definition) is 5. The van der Waals surface area contributed by atoms with E-state index in [0.717, 1.165) is 79.6 Å². The molecule has 4 aliphatic heterocycles. The third-order valence-corrected chi connectivity index (χ3v) is 12.1. The molecule has 0 unspecified atom stereocenters. The molecule has 3 aromatic carbocycles. The molecule has 1 saturated carbocycles. The molecule has 10 nitrogen and oxygen atoms in total. The SMILES string of the molecule is Br.CC(C)(Cc1ccc(OCC[N+]23CCC(CC2)[C@@H](OC[C@@](O)(c2ccccc2)C2CCCC2)C3)cc1)NC[C@H](O)c1cc(O)cc2c1OCC(=O)N2. The van der Waals surface area contributed by atoms with Gasteiger partial charge in [-0.1, -0.05) is 55.3 Å². The van der Waals surface area contributed by atoms with Crippen LogP contribution in [0, 0.1) is 11.8 Å². The van der Waals surface area contributed by atoms with Gasteiger partial charge in [-0.3, -0.25) is 4.79 Å². The van der Waals surface area contributed by atoms with Crippen molar-refractivity contribution in [2.75, 3.05) is 57.9 Å². The van der Waals surface area contributed by atoms with Crippen molar-refractivity contribution in [3.8, 4) is 17.2 Å². The predicted molar refractivity (Wildman–Crippen MR) is 210 cm³/mol. The molecular formula is C42H57BrN3O7+. The van der Waals surface area contributed by atoms with E-state index < -0.39 is 11.7 Å². The Morgan fingerprint density at radius 2 is 1.74 bits per heavy atom. The van der Waals surface area contributed by atoms with Crippen LogP contribution < -0.4 is 20.1 Å². The Morgan fingerprint density at radius 3 is 2.45 bits per heavy atom. The number of aliphatic hydroxyl groups excluding tert-OH is 1. The number of phenols is 1. The Morgan fingerprint density at radius 1 is 1.02 bits per heavy atom. The number of fused-ring (bicyclic) bond motifs is 4. The molecule has 53 heavy (non-hydrogen) atoms. The Balaban J connectivity index is 0.00000481. The number of carbonyl (C=O) groups excluding carboxylic acids is 1. The van der Waals surface area contributed by atoms with Crippen LogP contribution in [0.5, 0.6) is 17.2 Å². The summed E-state index contributed by atoms with van der Waals surface area (Å²) >= 11 is 0. The Labute approximate surface area is 324 Å². The fraction of sp³-hybridized carbons (Fsp3) is 0.548. The van der Waals surface area contributed by atoms with Gasteiger partial charge in [-0.2, -0.15) is 0 Å². The smallest absolute Gasteiger partial charge is 0.262 e. The second kappa shape index (κ2) is 16.7. The number of hydrogen-bond acceptors (Lipinski definition) is 8. The maximum atomic E-state index is 12.1. The second-order valence-corrected chi connectivity index (χ2v) is 16.4. The van der Waals surface area contributed by atoms with Crippen molar-refractivity contribution in [1.29, 1.82) is 0 Å². The number of aliphatic hydroxyl groups is 2. The molecule has 4 fully saturated rings. The van der Waals surface area contributed by atoms with E-state index in [1.54, 1.807) is 0 Å². The first-order valence-electron chi connectivity index (χ1n) is 19.2. The minimum Gasteiger partial charge on any atom is -0.508 e. The van der Waals surface area contributed by atoms with Crippen molar-refractivity contribution < 1.29 is 38.8 Å². The van der Waals surface area contributed by atoms with E-state index in [2.05, 4.69) is 48.7 Å². The quantitative estimate of drug-likeness (QED) is 0.118. The monoisotopic (exact) mass is 794 g/mol. The number of aromatic hydroxyl groups is 1. The van der Waals surface area contributed by atoms with E-state index in [1.165, 1.54) is 25.0 Å². The number of carbonyl (C=O) groups is 1. The van der Waals surface area contributed by atoms with Gasteiger partial charge >= 0.3 is 0 Å². The number of β-amino-alcohol motifs (C(OH)–C–C–N with tert-alkyl or cyclic N) is 1. The lowest BCUT2D eigenvalue weighted by Crippen LogP contribution is -2.65. The molecule has 5 N–H and O–H groups in total. The zero-order valence-electron chi connectivity index (χ0n) is 31.1. The first-order valence-corrected chi connectivity index (χ1v) is 19.2. The molecule has 0 radical (unpaired) electrons. The molecule has 11 heteroatoms. The lowest BCUT2D eigenvalue weighted by Gasteiger charge is -2.52. The van der Waals surface area contributed by atoms with Crippen molar-refractivity contribution in [3.63, 3.8) is 0 Å². The number of ether oxygens (including phenoxy) is 3. The molecule has 1 amide bonds. The number of piperidine rings is 3. The number of nitrogens with zero attached hydrogens (tertiary/aromatic N) is 1. The summed E-state index contributed by atoms with van der Waals surface area (Å²) in [5.41, 5.74) is 1.65. The molecule has 8 rings (SSSR count). The van der Waals surface area contributed by atoms with Gasteiger partial charge in [0, 0.05) is 42.5 Å². The van der Waals surface area contributed by atoms with E-state index in [1.807, 2.05) is 30.3 Å². The lowest BCUT2D eigenvalue weighted by molar-refractivity contribution is -0.946. The van der Waals surface area contributed by atoms with E-state index in [0.29, 0.717) is 36.1 Å². The van der Waals surface area contributed by atoms with Crippen LogP contribution in [-0.2, 0) is 21.6 Å². The number of rotatable bonds is 15. The summed E-state index contributed by atoms with van der Waals surface area (Å²) in [5.74, 6) is 1.70. The number of benzene rings is 3. The van der Waals surface area contributed by atoms with Crippen LogP contribution in [0.4, 0.5) is 5.69 Å². The van der Waals surface area contributed by atoms with Gasteiger partial charge in [-0.05, 0) is 68.4 Å². The topological polar surface area (TPSA) is 130 Å². The number of quaternary nitrogens is 1. The van der Waals surface area contributed by atoms with Crippen LogP contribution in [-0.4, -0.2) is 89.9 Å². The van der Waals surface area contributed by atoms with Crippen LogP contribution in [0.2, 0.25) is 0 Å². The molecule has 288 valence electrons. The summed E-state index contributed by atoms with van der Waals surface area (Å²) in [6.45, 7) is 9.54. The molecule has 5 aliphatic rings. The van der Waals surface area contributed by atoms with Crippen molar-refractivity contribution >= 4 is 28.6 Å². The standard InChI is InChI=1S/C42H55N3O7.BrH/c1-41(2,43-25-37(47)35-22-33(46)23-36-40(35)51-27-39(48)44-36)24-29-12-14-34(15-13-29)50-21-20-45-18-16-30(17-19-45)38(26-45)52-28-42(49,32-10-6-7-11-32)31-8-4-3-5-9-31;/h3-5,8-9,12-15,22-23,30,32,37-38,43,47,49H,6-7,10-11,16-21,24-28H2,1-2H3,(H-,44,46,48);1H/p+1/t30?,37-,38-,42+,45?;/m0./s1. The highest BCUT2D eigenvalue weighted by Gasteiger charge is 2.48. The molecule has 4 heterocycles. The summed E-state index contributed by atoms with van der Waals surface area (Å²) in [4.78, 5) is 11.7. The molecular weight excluding hydrogens is 738 g/mol. The van der Waals surface area contributed by atoms with E-state index in [4.69, 9.17) is 14.2 Å². The number of amides is 1. The van der Waals surface area contributed by atoms with Gasteiger partial charge in [-0.25, -0.2) is 0 Å². The highest BCUT2D eigenvalue weighted by molar-refractivity contribution is 8.93. The molecule has 3 aromatic rings. The maximum absolute atomic E-state index is 12.1. The van der Waals surface area contributed by atoms with Gasteiger partial charge in [0.25, 0.3) is 5.91 Å². The number of halogens is 1. The minimum absolute atomic E-state index is 0. The van der Waals surface area contributed by atoms with Crippen molar-refractivity contribution in [2.45, 2.75) is 82.1 Å². The lowest BCUT2D eigenvalue weighted by atomic mass is 9.80. The number of anilines is 1. The predicted octanol–water partition coefficient (Wildman–Crippen LogP) is 6.03. The number of phenolic OH excluding ortho intramolecular Hbond substituents is 1. The van der Waals surface area contributed by atoms with Gasteiger partial charge in [0.15, 0.2) is 6.61 Å². The largest absolute Gasteiger partial charge is 0.508 e.